The van der Waals surface area contributed by atoms with E-state index in [0.29, 0.717) is 6.04 Å². The van der Waals surface area contributed by atoms with Crippen molar-refractivity contribution < 1.29 is 0 Å². The maximum absolute atomic E-state index is 12.2. The number of H-pyrrole nitrogens is 1. The number of aromatic nitrogens is 1. The van der Waals surface area contributed by atoms with Gasteiger partial charge in [-0.2, -0.15) is 0 Å². The Morgan fingerprint density at radius 1 is 1.03 bits per heavy atom. The van der Waals surface area contributed by atoms with Gasteiger partial charge in [0.15, 0.2) is 5.43 Å². The Balaban J connectivity index is 1.35. The van der Waals surface area contributed by atoms with E-state index in [9.17, 15) is 4.79 Å². The largest absolute Gasteiger partial charge is 0.371 e. The first-order valence-corrected chi connectivity index (χ1v) is 12.3. The van der Waals surface area contributed by atoms with Gasteiger partial charge in [0.25, 0.3) is 0 Å². The Labute approximate surface area is 194 Å². The molecule has 3 N–H and O–H groups in total. The zero-order valence-corrected chi connectivity index (χ0v) is 20.1. The van der Waals surface area contributed by atoms with Gasteiger partial charge in [-0.3, -0.25) is 4.79 Å². The minimum Gasteiger partial charge on any atom is -0.371 e. The molecule has 1 aliphatic carbocycles. The fraction of sp³-hybridized carbons (Fsp3) is 0.375. The van der Waals surface area contributed by atoms with E-state index in [0.717, 1.165) is 47.1 Å². The summed E-state index contributed by atoms with van der Waals surface area (Å²) in [5, 5.41) is 7.87. The van der Waals surface area contributed by atoms with Crippen LogP contribution in [-0.4, -0.2) is 18.1 Å². The number of para-hydroxylation sites is 1. The molecule has 1 unspecified atom stereocenters. The highest BCUT2D eigenvalue weighted by Crippen LogP contribution is 2.35. The summed E-state index contributed by atoms with van der Waals surface area (Å²) in [6.07, 6.45) is 7.10. The van der Waals surface area contributed by atoms with Crippen LogP contribution in [0.1, 0.15) is 49.3 Å². The minimum absolute atomic E-state index is 0.0484. The van der Waals surface area contributed by atoms with E-state index in [1.54, 1.807) is 6.07 Å². The lowest BCUT2D eigenvalue weighted by atomic mass is 9.90. The molecule has 0 saturated carbocycles. The quantitative estimate of drug-likeness (QED) is 0.326. The van der Waals surface area contributed by atoms with Gasteiger partial charge in [-0.15, -0.1) is 0 Å². The van der Waals surface area contributed by atoms with Gasteiger partial charge in [0.2, 0.25) is 0 Å². The van der Waals surface area contributed by atoms with E-state index < -0.39 is 0 Å². The van der Waals surface area contributed by atoms with Gasteiger partial charge in [0, 0.05) is 33.0 Å². The highest BCUT2D eigenvalue weighted by atomic mass is 79.9. The van der Waals surface area contributed by atoms with Gasteiger partial charge in [0.05, 0.1) is 5.52 Å². The average molecular weight is 533 g/mol. The highest BCUT2D eigenvalue weighted by Gasteiger charge is 2.19. The second-order valence-corrected chi connectivity index (χ2v) is 9.70. The van der Waals surface area contributed by atoms with Crippen molar-refractivity contribution in [2.24, 2.45) is 0 Å². The van der Waals surface area contributed by atoms with Crippen LogP contribution in [0, 0.1) is 0 Å². The Bertz CT molecular complexity index is 1080. The van der Waals surface area contributed by atoms with Crippen LogP contribution >= 0.6 is 31.9 Å². The Morgan fingerprint density at radius 2 is 1.90 bits per heavy atom. The first-order chi connectivity index (χ1) is 14.6. The van der Waals surface area contributed by atoms with E-state index >= 15 is 0 Å². The molecule has 2 aromatic carbocycles. The lowest BCUT2D eigenvalue weighted by Gasteiger charge is -2.26. The number of benzene rings is 2. The number of fused-ring (bicyclic) bond motifs is 2. The Morgan fingerprint density at radius 3 is 2.80 bits per heavy atom. The second-order valence-electron chi connectivity index (χ2n) is 7.93. The molecule has 6 heteroatoms. The van der Waals surface area contributed by atoms with Crippen molar-refractivity contribution in [2.75, 3.05) is 18.4 Å². The molecule has 1 heterocycles. The summed E-state index contributed by atoms with van der Waals surface area (Å²) >= 11 is 7.42. The molecule has 0 bridgehead atoms. The molecule has 4 rings (SSSR count). The van der Waals surface area contributed by atoms with Gasteiger partial charge in [-0.1, -0.05) is 56.8 Å². The fourth-order valence-electron chi connectivity index (χ4n) is 4.27. The topological polar surface area (TPSA) is 56.9 Å². The molecule has 4 nitrogen and oxygen atoms in total. The molecule has 0 saturated heterocycles. The molecule has 0 radical (unpaired) electrons. The monoisotopic (exact) mass is 531 g/mol. The maximum atomic E-state index is 12.2. The molecular formula is C24H27Br2N3O. The molecule has 1 aromatic heterocycles. The summed E-state index contributed by atoms with van der Waals surface area (Å²) in [5.41, 5.74) is 3.78. The van der Waals surface area contributed by atoms with E-state index in [1.807, 2.05) is 24.3 Å². The predicted molar refractivity (Wildman–Crippen MR) is 132 cm³/mol. The van der Waals surface area contributed by atoms with Crippen LogP contribution in [0.2, 0.25) is 0 Å². The number of hydrogen-bond acceptors (Lipinski definition) is 3. The van der Waals surface area contributed by atoms with E-state index in [-0.39, 0.29) is 5.43 Å². The molecule has 0 aliphatic heterocycles. The summed E-state index contributed by atoms with van der Waals surface area (Å²) < 4.78 is 2.34. The second kappa shape index (κ2) is 10.1. The van der Waals surface area contributed by atoms with Crippen LogP contribution < -0.4 is 16.1 Å². The number of nitrogens with one attached hydrogen (secondary N) is 3. The van der Waals surface area contributed by atoms with E-state index in [1.165, 1.54) is 41.3 Å². The summed E-state index contributed by atoms with van der Waals surface area (Å²) in [4.78, 5) is 15.6. The lowest BCUT2D eigenvalue weighted by molar-refractivity contribution is 0.454. The molecular weight excluding hydrogens is 506 g/mol. The Kier molecular flexibility index (Phi) is 7.28. The van der Waals surface area contributed by atoms with Crippen molar-refractivity contribution in [3.05, 3.63) is 72.8 Å². The van der Waals surface area contributed by atoms with Gasteiger partial charge < -0.3 is 15.6 Å². The van der Waals surface area contributed by atoms with Crippen molar-refractivity contribution >= 4 is 48.6 Å². The summed E-state index contributed by atoms with van der Waals surface area (Å²) in [6.45, 7) is 1.74. The number of pyridine rings is 1. The number of anilines is 1. The van der Waals surface area contributed by atoms with Crippen LogP contribution in [0.3, 0.4) is 0 Å². The lowest BCUT2D eigenvalue weighted by Crippen LogP contribution is -2.26. The van der Waals surface area contributed by atoms with Crippen LogP contribution in [0.15, 0.2) is 56.2 Å². The standard InChI is InChI=1S/C24H27Br2N3O/c25-16-13-19-17(20(26)14-16)7-2-1-3-9-21(19)27-11-6-12-28-24-15-23(30)18-8-4-5-10-22(18)29-24/h4-5,8,10,13-15,21,27H,1-3,6-7,9,11-12H2,(H2,28,29,30). The van der Waals surface area contributed by atoms with Crippen molar-refractivity contribution in [3.63, 3.8) is 0 Å². The summed E-state index contributed by atoms with van der Waals surface area (Å²) in [7, 11) is 0. The maximum Gasteiger partial charge on any atom is 0.191 e. The predicted octanol–water partition coefficient (Wildman–Crippen LogP) is 6.30. The molecule has 30 heavy (non-hydrogen) atoms. The highest BCUT2D eigenvalue weighted by molar-refractivity contribution is 9.11. The van der Waals surface area contributed by atoms with Gasteiger partial charge >= 0.3 is 0 Å². The molecule has 0 amide bonds. The van der Waals surface area contributed by atoms with E-state index in [4.69, 9.17) is 0 Å². The SMILES string of the molecule is O=c1cc(NCCCNC2CCCCCc3c(Br)cc(Br)cc32)[nH]c2ccccc12. The fourth-order valence-corrected chi connectivity index (χ4v) is 5.73. The number of hydrogen-bond donors (Lipinski definition) is 3. The van der Waals surface area contributed by atoms with Crippen LogP contribution in [0.4, 0.5) is 5.82 Å². The molecule has 1 atom stereocenters. The molecule has 3 aromatic rings. The van der Waals surface area contributed by atoms with Crippen molar-refractivity contribution in [3.8, 4) is 0 Å². The zero-order valence-electron chi connectivity index (χ0n) is 16.9. The van der Waals surface area contributed by atoms with Crippen LogP contribution in [0.5, 0.6) is 0 Å². The number of aromatic amines is 1. The summed E-state index contributed by atoms with van der Waals surface area (Å²) in [5.74, 6) is 0.780. The average Bonchev–Trinajstić information content (AvgIpc) is 2.71. The first-order valence-electron chi connectivity index (χ1n) is 10.7. The smallest absolute Gasteiger partial charge is 0.191 e. The van der Waals surface area contributed by atoms with Crippen molar-refractivity contribution in [1.82, 2.24) is 10.3 Å². The number of rotatable bonds is 6. The van der Waals surface area contributed by atoms with Gasteiger partial charge in [-0.05, 0) is 67.6 Å². The van der Waals surface area contributed by atoms with Gasteiger partial charge in [0.1, 0.15) is 5.82 Å². The zero-order chi connectivity index (χ0) is 20.9. The minimum atomic E-state index is 0.0484. The van der Waals surface area contributed by atoms with Crippen molar-refractivity contribution in [1.29, 1.82) is 0 Å². The molecule has 1 aliphatic rings. The molecule has 0 spiro atoms. The molecule has 0 fully saturated rings. The molecule has 158 valence electrons. The third-order valence-electron chi connectivity index (χ3n) is 5.79. The Hall–Kier alpha value is -1.63. The number of halogens is 2. The summed E-state index contributed by atoms with van der Waals surface area (Å²) in [6, 6.07) is 14.1. The van der Waals surface area contributed by atoms with Crippen LogP contribution in [-0.2, 0) is 6.42 Å². The van der Waals surface area contributed by atoms with Crippen LogP contribution in [0.25, 0.3) is 10.9 Å². The van der Waals surface area contributed by atoms with Gasteiger partial charge in [-0.25, -0.2) is 0 Å². The normalized spacial score (nSPS) is 16.7. The third kappa shape index (κ3) is 5.16. The van der Waals surface area contributed by atoms with E-state index in [2.05, 4.69) is 59.6 Å². The third-order valence-corrected chi connectivity index (χ3v) is 6.95. The first kappa shape index (κ1) is 21.6. The van der Waals surface area contributed by atoms with Crippen molar-refractivity contribution in [2.45, 2.75) is 44.6 Å².